The van der Waals surface area contributed by atoms with Gasteiger partial charge in [-0.3, -0.25) is 5.32 Å². The molecule has 2 aromatic carbocycles. The van der Waals surface area contributed by atoms with E-state index in [1.54, 1.807) is 13.0 Å². The molecule has 2 rings (SSSR count). The summed E-state index contributed by atoms with van der Waals surface area (Å²) in [6.45, 7) is 2.73. The van der Waals surface area contributed by atoms with Crippen LogP contribution in [0.3, 0.4) is 0 Å². The molecule has 0 radical (unpaired) electrons. The van der Waals surface area contributed by atoms with Crippen molar-refractivity contribution in [3.05, 3.63) is 53.1 Å². The number of ether oxygens (including phenoxy) is 1. The lowest BCUT2D eigenvalue weighted by Crippen LogP contribution is -2.13. The van der Waals surface area contributed by atoms with Gasteiger partial charge in [0, 0.05) is 28.6 Å². The lowest BCUT2D eigenvalue weighted by atomic mass is 10.2. The van der Waals surface area contributed by atoms with Crippen molar-refractivity contribution >= 4 is 34.8 Å². The number of anilines is 3. The van der Waals surface area contributed by atoms with E-state index in [0.29, 0.717) is 29.5 Å². The fourth-order valence-corrected chi connectivity index (χ4v) is 2.15. The van der Waals surface area contributed by atoms with Crippen molar-refractivity contribution in [2.45, 2.75) is 13.5 Å². The molecule has 0 fully saturated rings. The van der Waals surface area contributed by atoms with Crippen molar-refractivity contribution in [1.29, 1.82) is 0 Å². The first-order valence-corrected chi connectivity index (χ1v) is 7.27. The van der Waals surface area contributed by atoms with Crippen LogP contribution in [-0.2, 0) is 11.3 Å². The smallest absolute Gasteiger partial charge is 0.411 e. The second kappa shape index (κ2) is 7.56. The molecule has 22 heavy (non-hydrogen) atoms. The Morgan fingerprint density at radius 2 is 1.91 bits per heavy atom. The summed E-state index contributed by atoms with van der Waals surface area (Å²) >= 11 is 5.95. The Kier molecular flexibility index (Phi) is 5.49. The molecule has 0 aliphatic heterocycles. The molecule has 6 heteroatoms. The molecular weight excluding hydrogens is 302 g/mol. The lowest BCUT2D eigenvalue weighted by Gasteiger charge is -2.09. The minimum Gasteiger partial charge on any atom is -0.450 e. The van der Waals surface area contributed by atoms with Crippen LogP contribution in [0.4, 0.5) is 21.9 Å². The zero-order valence-corrected chi connectivity index (χ0v) is 13.0. The molecule has 0 aromatic heterocycles. The molecule has 0 saturated heterocycles. The van der Waals surface area contributed by atoms with Gasteiger partial charge in [0.1, 0.15) is 0 Å². The molecule has 116 valence electrons. The number of halogens is 1. The SMILES string of the molecule is CCOC(=O)Nc1ccc(CNc2cc(N)cc(Cl)c2)cc1. The van der Waals surface area contributed by atoms with Crippen LogP contribution in [0, 0.1) is 0 Å². The van der Waals surface area contributed by atoms with Gasteiger partial charge in [-0.1, -0.05) is 23.7 Å². The molecule has 1 amide bonds. The standard InChI is InChI=1S/C16H18ClN3O2/c1-2-22-16(21)20-14-5-3-11(4-6-14)10-19-15-8-12(17)7-13(18)9-15/h3-9,19H,2,10,18H2,1H3,(H,20,21). The van der Waals surface area contributed by atoms with E-state index in [4.69, 9.17) is 22.1 Å². The largest absolute Gasteiger partial charge is 0.450 e. The normalized spacial score (nSPS) is 10.1. The van der Waals surface area contributed by atoms with Crippen LogP contribution in [0.25, 0.3) is 0 Å². The van der Waals surface area contributed by atoms with Crippen LogP contribution in [0.1, 0.15) is 12.5 Å². The van der Waals surface area contributed by atoms with Crippen molar-refractivity contribution in [2.24, 2.45) is 0 Å². The van der Waals surface area contributed by atoms with Gasteiger partial charge >= 0.3 is 6.09 Å². The topological polar surface area (TPSA) is 76.4 Å². The Morgan fingerprint density at radius 3 is 2.55 bits per heavy atom. The number of rotatable bonds is 5. The van der Waals surface area contributed by atoms with E-state index in [1.807, 2.05) is 36.4 Å². The summed E-state index contributed by atoms with van der Waals surface area (Å²) in [6.07, 6.45) is -0.456. The van der Waals surface area contributed by atoms with Gasteiger partial charge in [-0.15, -0.1) is 0 Å². The van der Waals surface area contributed by atoms with Gasteiger partial charge in [0.2, 0.25) is 0 Å². The molecule has 0 bridgehead atoms. The average molecular weight is 320 g/mol. The third-order valence-electron chi connectivity index (χ3n) is 2.89. The number of nitrogens with two attached hydrogens (primary N) is 1. The quantitative estimate of drug-likeness (QED) is 0.725. The molecule has 0 saturated carbocycles. The van der Waals surface area contributed by atoms with Crippen molar-refractivity contribution < 1.29 is 9.53 Å². The highest BCUT2D eigenvalue weighted by Gasteiger charge is 2.02. The van der Waals surface area contributed by atoms with E-state index in [-0.39, 0.29) is 0 Å². The predicted molar refractivity (Wildman–Crippen MR) is 90.3 cm³/mol. The molecule has 0 aliphatic rings. The maximum atomic E-state index is 11.3. The second-order valence-corrected chi connectivity index (χ2v) is 5.11. The summed E-state index contributed by atoms with van der Waals surface area (Å²) in [7, 11) is 0. The summed E-state index contributed by atoms with van der Waals surface area (Å²) < 4.78 is 4.82. The minimum atomic E-state index is -0.456. The van der Waals surface area contributed by atoms with E-state index >= 15 is 0 Å². The Bertz CT molecular complexity index is 624. The average Bonchev–Trinajstić information content (AvgIpc) is 2.46. The maximum absolute atomic E-state index is 11.3. The molecule has 4 N–H and O–H groups in total. The highest BCUT2D eigenvalue weighted by Crippen LogP contribution is 2.21. The first kappa shape index (κ1) is 16.0. The van der Waals surface area contributed by atoms with Gasteiger partial charge in [0.05, 0.1) is 6.61 Å². The molecular formula is C16H18ClN3O2. The molecule has 0 atom stereocenters. The van der Waals surface area contributed by atoms with E-state index < -0.39 is 6.09 Å². The highest BCUT2D eigenvalue weighted by molar-refractivity contribution is 6.31. The molecule has 5 nitrogen and oxygen atoms in total. The second-order valence-electron chi connectivity index (χ2n) is 4.67. The van der Waals surface area contributed by atoms with E-state index in [2.05, 4.69) is 10.6 Å². The number of hydrogen-bond acceptors (Lipinski definition) is 4. The molecule has 0 heterocycles. The number of nitrogens with one attached hydrogen (secondary N) is 2. The zero-order valence-electron chi connectivity index (χ0n) is 12.2. The van der Waals surface area contributed by atoms with Crippen LogP contribution in [-0.4, -0.2) is 12.7 Å². The predicted octanol–water partition coefficient (Wildman–Crippen LogP) is 4.10. The van der Waals surface area contributed by atoms with Crippen LogP contribution in [0.15, 0.2) is 42.5 Å². The fourth-order valence-electron chi connectivity index (χ4n) is 1.91. The van der Waals surface area contributed by atoms with Gasteiger partial charge in [0.25, 0.3) is 0 Å². The molecule has 0 aliphatic carbocycles. The van der Waals surface area contributed by atoms with Gasteiger partial charge in [-0.25, -0.2) is 4.79 Å². The summed E-state index contributed by atoms with van der Waals surface area (Å²) in [4.78, 5) is 11.3. The number of benzene rings is 2. The van der Waals surface area contributed by atoms with Gasteiger partial charge in [-0.05, 0) is 42.8 Å². The summed E-state index contributed by atoms with van der Waals surface area (Å²) in [5.74, 6) is 0. The number of hydrogen-bond donors (Lipinski definition) is 3. The van der Waals surface area contributed by atoms with Crippen LogP contribution < -0.4 is 16.4 Å². The third kappa shape index (κ3) is 4.86. The van der Waals surface area contributed by atoms with Crippen LogP contribution in [0.2, 0.25) is 5.02 Å². The highest BCUT2D eigenvalue weighted by atomic mass is 35.5. The number of carbonyl (C=O) groups is 1. The summed E-state index contributed by atoms with van der Waals surface area (Å²) in [5.41, 5.74) is 8.97. The Morgan fingerprint density at radius 1 is 1.18 bits per heavy atom. The summed E-state index contributed by atoms with van der Waals surface area (Å²) in [6, 6.07) is 12.8. The number of carbonyl (C=O) groups excluding carboxylic acids is 1. The van der Waals surface area contributed by atoms with Crippen molar-refractivity contribution in [2.75, 3.05) is 23.0 Å². The van der Waals surface area contributed by atoms with Gasteiger partial charge in [0.15, 0.2) is 0 Å². The first-order chi connectivity index (χ1) is 10.6. The fraction of sp³-hybridized carbons (Fsp3) is 0.188. The van der Waals surface area contributed by atoms with Crippen molar-refractivity contribution in [1.82, 2.24) is 0 Å². The third-order valence-corrected chi connectivity index (χ3v) is 3.11. The Hall–Kier alpha value is -2.40. The molecule has 0 unspecified atom stereocenters. The number of nitrogen functional groups attached to an aromatic ring is 1. The number of amides is 1. The zero-order chi connectivity index (χ0) is 15.9. The Balaban J connectivity index is 1.92. The molecule has 2 aromatic rings. The minimum absolute atomic E-state index is 0.344. The monoisotopic (exact) mass is 319 g/mol. The van der Waals surface area contributed by atoms with Crippen molar-refractivity contribution in [3.63, 3.8) is 0 Å². The van der Waals surface area contributed by atoms with Crippen LogP contribution in [0.5, 0.6) is 0 Å². The van der Waals surface area contributed by atoms with Gasteiger partial charge < -0.3 is 15.8 Å². The Labute approximate surface area is 134 Å². The van der Waals surface area contributed by atoms with E-state index in [0.717, 1.165) is 11.3 Å². The first-order valence-electron chi connectivity index (χ1n) is 6.89. The van der Waals surface area contributed by atoms with Gasteiger partial charge in [-0.2, -0.15) is 0 Å². The van der Waals surface area contributed by atoms with Crippen LogP contribution >= 0.6 is 11.6 Å². The lowest BCUT2D eigenvalue weighted by molar-refractivity contribution is 0.168. The molecule has 0 spiro atoms. The summed E-state index contributed by atoms with van der Waals surface area (Å²) in [5, 5.41) is 6.48. The van der Waals surface area contributed by atoms with Crippen molar-refractivity contribution in [3.8, 4) is 0 Å². The van der Waals surface area contributed by atoms with E-state index in [9.17, 15) is 4.79 Å². The van der Waals surface area contributed by atoms with E-state index in [1.165, 1.54) is 0 Å². The maximum Gasteiger partial charge on any atom is 0.411 e.